The van der Waals surface area contributed by atoms with E-state index in [9.17, 15) is 21.6 Å². The SMILES string of the molecule is Cc1ccc(S(=O)(=O)NCCNC(=O)Cc2ccc(N(C)S(=O)(=O)c3ccc(C)cc3)cc2)cc1. The summed E-state index contributed by atoms with van der Waals surface area (Å²) >= 11 is 0. The molecule has 0 atom stereocenters. The number of nitrogens with one attached hydrogen (secondary N) is 2. The van der Waals surface area contributed by atoms with Crippen molar-refractivity contribution < 1.29 is 21.6 Å². The zero-order chi connectivity index (χ0) is 25.6. The van der Waals surface area contributed by atoms with Crippen molar-refractivity contribution in [3.05, 3.63) is 89.5 Å². The summed E-state index contributed by atoms with van der Waals surface area (Å²) in [4.78, 5) is 12.6. The maximum absolute atomic E-state index is 12.8. The molecule has 8 nitrogen and oxygen atoms in total. The molecule has 1 amide bonds. The van der Waals surface area contributed by atoms with Crippen LogP contribution in [0.5, 0.6) is 0 Å². The second kappa shape index (κ2) is 11.0. The molecule has 35 heavy (non-hydrogen) atoms. The lowest BCUT2D eigenvalue weighted by atomic mass is 10.1. The fourth-order valence-corrected chi connectivity index (χ4v) is 5.49. The van der Waals surface area contributed by atoms with E-state index in [4.69, 9.17) is 0 Å². The van der Waals surface area contributed by atoms with Crippen LogP contribution in [0.1, 0.15) is 16.7 Å². The third-order valence-corrected chi connectivity index (χ3v) is 8.69. The van der Waals surface area contributed by atoms with Crippen LogP contribution in [0.2, 0.25) is 0 Å². The van der Waals surface area contributed by atoms with Crippen LogP contribution < -0.4 is 14.3 Å². The Morgan fingerprint density at radius 1 is 0.743 bits per heavy atom. The normalized spacial score (nSPS) is 11.7. The van der Waals surface area contributed by atoms with Crippen LogP contribution in [0.3, 0.4) is 0 Å². The highest BCUT2D eigenvalue weighted by Gasteiger charge is 2.21. The number of sulfonamides is 2. The molecule has 0 unspecified atom stereocenters. The largest absolute Gasteiger partial charge is 0.355 e. The molecule has 0 saturated carbocycles. The Kier molecular flexibility index (Phi) is 8.31. The molecule has 0 aliphatic heterocycles. The number of amides is 1. The molecule has 2 N–H and O–H groups in total. The fraction of sp³-hybridized carbons (Fsp3) is 0.240. The number of rotatable bonds is 10. The van der Waals surface area contributed by atoms with Gasteiger partial charge in [-0.15, -0.1) is 0 Å². The van der Waals surface area contributed by atoms with E-state index in [-0.39, 0.29) is 35.2 Å². The molecule has 0 aromatic heterocycles. The molecule has 0 radical (unpaired) electrons. The van der Waals surface area contributed by atoms with Crippen molar-refractivity contribution in [3.63, 3.8) is 0 Å². The summed E-state index contributed by atoms with van der Waals surface area (Å²) in [6.07, 6.45) is 0.0828. The maximum atomic E-state index is 12.8. The Hall–Kier alpha value is -3.21. The van der Waals surface area contributed by atoms with Crippen LogP contribution in [0.25, 0.3) is 0 Å². The number of carbonyl (C=O) groups is 1. The molecule has 3 aromatic carbocycles. The molecule has 0 spiro atoms. The van der Waals surface area contributed by atoms with Gasteiger partial charge in [-0.3, -0.25) is 9.10 Å². The Morgan fingerprint density at radius 3 is 1.80 bits per heavy atom. The second-order valence-electron chi connectivity index (χ2n) is 8.19. The number of hydrogen-bond donors (Lipinski definition) is 2. The van der Waals surface area contributed by atoms with Crippen LogP contribution >= 0.6 is 0 Å². The van der Waals surface area contributed by atoms with Crippen molar-refractivity contribution in [1.29, 1.82) is 0 Å². The first kappa shape index (κ1) is 26.4. The Labute approximate surface area is 207 Å². The topological polar surface area (TPSA) is 113 Å². The van der Waals surface area contributed by atoms with Crippen molar-refractivity contribution in [2.24, 2.45) is 0 Å². The van der Waals surface area contributed by atoms with E-state index >= 15 is 0 Å². The average Bonchev–Trinajstić information content (AvgIpc) is 2.82. The molecular formula is C25H29N3O5S2. The minimum absolute atomic E-state index is 0.0581. The number of nitrogens with zero attached hydrogens (tertiary/aromatic N) is 1. The molecule has 186 valence electrons. The third kappa shape index (κ3) is 6.91. The highest BCUT2D eigenvalue weighted by Crippen LogP contribution is 2.22. The summed E-state index contributed by atoms with van der Waals surface area (Å²) in [7, 11) is -5.85. The van der Waals surface area contributed by atoms with Gasteiger partial charge in [-0.2, -0.15) is 0 Å². The monoisotopic (exact) mass is 515 g/mol. The van der Waals surface area contributed by atoms with Gasteiger partial charge in [-0.05, 0) is 55.8 Å². The number of hydrogen-bond acceptors (Lipinski definition) is 5. The zero-order valence-corrected chi connectivity index (χ0v) is 21.5. The summed E-state index contributed by atoms with van der Waals surface area (Å²) in [5.74, 6) is -0.270. The van der Waals surface area contributed by atoms with Gasteiger partial charge in [0.1, 0.15) is 0 Å². The Morgan fingerprint density at radius 2 is 1.26 bits per heavy atom. The van der Waals surface area contributed by atoms with Gasteiger partial charge in [-0.1, -0.05) is 47.5 Å². The lowest BCUT2D eigenvalue weighted by Crippen LogP contribution is -2.35. The van der Waals surface area contributed by atoms with Crippen LogP contribution in [-0.4, -0.2) is 42.9 Å². The Bertz CT molecular complexity index is 1370. The second-order valence-corrected chi connectivity index (χ2v) is 11.9. The highest BCUT2D eigenvalue weighted by molar-refractivity contribution is 7.92. The molecule has 0 bridgehead atoms. The highest BCUT2D eigenvalue weighted by atomic mass is 32.2. The summed E-state index contributed by atoms with van der Waals surface area (Å²) < 4.78 is 53.9. The molecule has 0 aliphatic rings. The number of anilines is 1. The van der Waals surface area contributed by atoms with Crippen molar-refractivity contribution in [2.75, 3.05) is 24.4 Å². The van der Waals surface area contributed by atoms with Crippen LogP contribution in [-0.2, 0) is 31.3 Å². The van der Waals surface area contributed by atoms with Crippen molar-refractivity contribution in [1.82, 2.24) is 10.0 Å². The van der Waals surface area contributed by atoms with Gasteiger partial charge >= 0.3 is 0 Å². The fourth-order valence-electron chi connectivity index (χ4n) is 3.27. The van der Waals surface area contributed by atoms with Gasteiger partial charge in [0.15, 0.2) is 0 Å². The molecule has 0 aliphatic carbocycles. The first-order chi connectivity index (χ1) is 16.5. The maximum Gasteiger partial charge on any atom is 0.264 e. The van der Waals surface area contributed by atoms with Crippen molar-refractivity contribution in [2.45, 2.75) is 30.1 Å². The van der Waals surface area contributed by atoms with E-state index < -0.39 is 20.0 Å². The van der Waals surface area contributed by atoms with Gasteiger partial charge in [0.25, 0.3) is 10.0 Å². The van der Waals surface area contributed by atoms with Crippen LogP contribution in [0, 0.1) is 13.8 Å². The van der Waals surface area contributed by atoms with E-state index in [1.165, 1.54) is 23.5 Å². The van der Waals surface area contributed by atoms with Crippen molar-refractivity contribution >= 4 is 31.6 Å². The summed E-state index contributed by atoms with van der Waals surface area (Å²) in [6.45, 7) is 3.96. The smallest absolute Gasteiger partial charge is 0.264 e. The molecule has 3 rings (SSSR count). The van der Waals surface area contributed by atoms with Gasteiger partial charge in [0.05, 0.1) is 21.9 Å². The lowest BCUT2D eigenvalue weighted by Gasteiger charge is -2.20. The van der Waals surface area contributed by atoms with E-state index in [0.29, 0.717) is 11.3 Å². The summed E-state index contributed by atoms with van der Waals surface area (Å²) in [5.41, 5.74) is 3.11. The first-order valence-corrected chi connectivity index (χ1v) is 13.9. The number of benzene rings is 3. The van der Waals surface area contributed by atoms with E-state index in [1.807, 2.05) is 13.8 Å². The van der Waals surface area contributed by atoms with Crippen LogP contribution in [0.4, 0.5) is 5.69 Å². The standard InChI is InChI=1S/C25H29N3O5S2/c1-19-4-12-23(13-5-19)34(30,31)27-17-16-26-25(29)18-21-8-10-22(11-9-21)28(3)35(32,33)24-14-6-20(2)7-15-24/h4-15,27H,16-18H2,1-3H3,(H,26,29). The molecule has 0 fully saturated rings. The summed E-state index contributed by atoms with van der Waals surface area (Å²) in [6, 6.07) is 19.8. The van der Waals surface area contributed by atoms with Crippen molar-refractivity contribution in [3.8, 4) is 0 Å². The minimum Gasteiger partial charge on any atom is -0.355 e. The number of aryl methyl sites for hydroxylation is 2. The lowest BCUT2D eigenvalue weighted by molar-refractivity contribution is -0.120. The molecular weight excluding hydrogens is 486 g/mol. The first-order valence-electron chi connectivity index (χ1n) is 11.0. The van der Waals surface area contributed by atoms with Gasteiger partial charge < -0.3 is 5.32 Å². The minimum atomic E-state index is -3.70. The van der Waals surface area contributed by atoms with E-state index in [1.54, 1.807) is 60.7 Å². The molecule has 0 saturated heterocycles. The van der Waals surface area contributed by atoms with Gasteiger partial charge in [0, 0.05) is 20.1 Å². The predicted molar refractivity (Wildman–Crippen MR) is 136 cm³/mol. The van der Waals surface area contributed by atoms with Gasteiger partial charge in [0.2, 0.25) is 15.9 Å². The summed E-state index contributed by atoms with van der Waals surface area (Å²) in [5, 5.41) is 2.68. The number of carbonyl (C=O) groups excluding carboxylic acids is 1. The quantitative estimate of drug-likeness (QED) is 0.403. The average molecular weight is 516 g/mol. The van der Waals surface area contributed by atoms with E-state index in [0.717, 1.165) is 11.1 Å². The predicted octanol–water partition coefficient (Wildman–Crippen LogP) is 2.77. The van der Waals surface area contributed by atoms with Gasteiger partial charge in [-0.25, -0.2) is 21.6 Å². The third-order valence-electron chi connectivity index (χ3n) is 5.41. The zero-order valence-electron chi connectivity index (χ0n) is 19.9. The molecule has 3 aromatic rings. The Balaban J connectivity index is 1.50. The van der Waals surface area contributed by atoms with Crippen LogP contribution in [0.15, 0.2) is 82.6 Å². The molecule has 0 heterocycles. The van der Waals surface area contributed by atoms with E-state index in [2.05, 4.69) is 10.0 Å². The molecule has 10 heteroatoms.